The molecule has 1 aromatic carbocycles. The molecule has 6 nitrogen and oxygen atoms in total. The molecule has 1 aliphatic carbocycles. The van der Waals surface area contributed by atoms with Crippen LogP contribution in [0.25, 0.3) is 10.4 Å². The minimum Gasteiger partial charge on any atom is -0.439 e. The van der Waals surface area contributed by atoms with Crippen LogP contribution in [0.2, 0.25) is 0 Å². The number of carbonyl (C=O) groups excluding carboxylic acids is 1. The number of rotatable bonds is 7. The van der Waals surface area contributed by atoms with Crippen LogP contribution in [-0.2, 0) is 23.6 Å². The fourth-order valence-corrected chi connectivity index (χ4v) is 6.81. The molecule has 0 radical (unpaired) electrons. The molecule has 2 fully saturated rings. The Morgan fingerprint density at radius 2 is 1.70 bits per heavy atom. The second kappa shape index (κ2) is 12.3. The number of pyridine rings is 1. The predicted molar refractivity (Wildman–Crippen MR) is 153 cm³/mol. The topological polar surface area (TPSA) is 69.5 Å². The van der Waals surface area contributed by atoms with E-state index in [1.165, 1.54) is 23.2 Å². The van der Waals surface area contributed by atoms with Crippen molar-refractivity contribution in [3.8, 4) is 16.5 Å². The maximum absolute atomic E-state index is 13.6. The molecule has 2 unspecified atom stereocenters. The fraction of sp³-hybridized carbons (Fsp3) is 0.452. The smallest absolute Gasteiger partial charge is 0.416 e. The number of aromatic nitrogens is 1. The predicted octanol–water partition coefficient (Wildman–Crippen LogP) is 8.96. The Morgan fingerprint density at radius 3 is 2.27 bits per heavy atom. The van der Waals surface area contributed by atoms with E-state index in [2.05, 4.69) is 11.0 Å². The molecule has 13 heteroatoms. The van der Waals surface area contributed by atoms with Crippen LogP contribution in [0, 0.1) is 11.3 Å². The molecule has 1 amide bonds. The highest BCUT2D eigenvalue weighted by molar-refractivity contribution is 7.16. The van der Waals surface area contributed by atoms with Crippen LogP contribution in [0.3, 0.4) is 0 Å². The van der Waals surface area contributed by atoms with E-state index in [1.807, 2.05) is 13.0 Å². The number of carbonyl (C=O) groups is 1. The molecule has 5 rings (SSSR count). The minimum atomic E-state index is -5.03. The Morgan fingerprint density at radius 1 is 1.05 bits per heavy atom. The first kappa shape index (κ1) is 31.6. The Balaban J connectivity index is 1.52. The number of anilines is 1. The third-order valence-corrected chi connectivity index (χ3v) is 9.28. The molecule has 44 heavy (non-hydrogen) atoms. The van der Waals surface area contributed by atoms with Crippen molar-refractivity contribution in [1.82, 2.24) is 9.88 Å². The number of benzene rings is 1. The summed E-state index contributed by atoms with van der Waals surface area (Å²) in [5.41, 5.74) is -1.95. The number of hydrogen-bond donors (Lipinski definition) is 0. The number of alkyl halides is 6. The van der Waals surface area contributed by atoms with Gasteiger partial charge in [0.05, 0.1) is 23.7 Å². The largest absolute Gasteiger partial charge is 0.439 e. The van der Waals surface area contributed by atoms with Gasteiger partial charge >= 0.3 is 18.4 Å². The van der Waals surface area contributed by atoms with Gasteiger partial charge in [-0.1, -0.05) is 19.3 Å². The van der Waals surface area contributed by atoms with Gasteiger partial charge in [0.2, 0.25) is 0 Å². The lowest BCUT2D eigenvalue weighted by Crippen LogP contribution is -2.39. The van der Waals surface area contributed by atoms with Gasteiger partial charge in [-0.3, -0.25) is 4.90 Å². The summed E-state index contributed by atoms with van der Waals surface area (Å²) in [5.74, 6) is 0.655. The molecule has 0 spiro atoms. The van der Waals surface area contributed by atoms with E-state index in [0.29, 0.717) is 34.9 Å². The van der Waals surface area contributed by atoms with Gasteiger partial charge in [-0.15, -0.1) is 11.3 Å². The Kier molecular flexibility index (Phi) is 8.84. The van der Waals surface area contributed by atoms with Gasteiger partial charge in [-0.2, -0.15) is 31.6 Å². The molecule has 0 N–H and O–H groups in total. The molecule has 3 aromatic rings. The molecular formula is C31H30F6N4O2S. The average molecular weight is 637 g/mol. The van der Waals surface area contributed by atoms with Crippen LogP contribution in [0.5, 0.6) is 0 Å². The number of cyclic esters (lactones) is 1. The number of amides is 1. The van der Waals surface area contributed by atoms with Crippen molar-refractivity contribution < 1.29 is 35.9 Å². The lowest BCUT2D eigenvalue weighted by atomic mass is 9.93. The number of thiophene rings is 1. The van der Waals surface area contributed by atoms with E-state index in [0.717, 1.165) is 42.5 Å². The quantitative estimate of drug-likeness (QED) is 0.242. The molecular weight excluding hydrogens is 606 g/mol. The van der Waals surface area contributed by atoms with Crippen molar-refractivity contribution in [3.63, 3.8) is 0 Å². The van der Waals surface area contributed by atoms with Gasteiger partial charge in [0.25, 0.3) is 0 Å². The second-order valence-corrected chi connectivity index (χ2v) is 12.2. The van der Waals surface area contributed by atoms with Gasteiger partial charge < -0.3 is 9.64 Å². The van der Waals surface area contributed by atoms with Crippen LogP contribution < -0.4 is 4.90 Å². The van der Waals surface area contributed by atoms with Crippen molar-refractivity contribution in [3.05, 3.63) is 69.7 Å². The van der Waals surface area contributed by atoms with Crippen molar-refractivity contribution in [2.75, 3.05) is 11.4 Å². The second-order valence-electron chi connectivity index (χ2n) is 11.1. The van der Waals surface area contributed by atoms with Gasteiger partial charge in [-0.25, -0.2) is 9.78 Å². The Bertz CT molecular complexity index is 1530. The van der Waals surface area contributed by atoms with E-state index in [9.17, 15) is 36.4 Å². The SMILES string of the molecule is CCN(c1ncc(-c2ccc(C#N)s2)cc1CN1C(=O)OC(c2cc(C(F)(F)F)cc(C(F)(F)F)c2)C1C)C1CCCCC1. The van der Waals surface area contributed by atoms with E-state index < -0.39 is 41.7 Å². The zero-order chi connectivity index (χ0) is 31.8. The summed E-state index contributed by atoms with van der Waals surface area (Å²) in [6.45, 7) is 4.17. The van der Waals surface area contributed by atoms with Crippen LogP contribution in [0.1, 0.15) is 79.2 Å². The first-order valence-electron chi connectivity index (χ1n) is 14.3. The summed E-state index contributed by atoms with van der Waals surface area (Å²) >= 11 is 1.29. The van der Waals surface area contributed by atoms with Crippen LogP contribution >= 0.6 is 11.3 Å². The molecule has 3 heterocycles. The van der Waals surface area contributed by atoms with E-state index in [-0.39, 0.29) is 24.2 Å². The molecule has 2 atom stereocenters. The molecule has 0 bridgehead atoms. The monoisotopic (exact) mass is 636 g/mol. The highest BCUT2D eigenvalue weighted by Gasteiger charge is 2.43. The van der Waals surface area contributed by atoms with Gasteiger partial charge in [0.1, 0.15) is 22.9 Å². The minimum absolute atomic E-state index is 0.0303. The molecule has 1 aliphatic heterocycles. The summed E-state index contributed by atoms with van der Waals surface area (Å²) in [5, 5.41) is 9.29. The lowest BCUT2D eigenvalue weighted by Gasteiger charge is -2.36. The number of ether oxygens (including phenoxy) is 1. The van der Waals surface area contributed by atoms with Crippen molar-refractivity contribution in [1.29, 1.82) is 5.26 Å². The Hall–Kier alpha value is -3.79. The molecule has 2 aromatic heterocycles. The summed E-state index contributed by atoms with van der Waals surface area (Å²) in [6.07, 6.45) is -5.29. The normalized spacial score (nSPS) is 19.6. The standard InChI is InChI=1S/C31H30F6N4O2S/c1-3-40(24-7-5-4-6-8-24)28-21(11-20(16-39-28)26-10-9-25(15-38)44-26)17-41-18(2)27(43-29(41)42)19-12-22(30(32,33)34)14-23(13-19)31(35,36)37/h9-14,16,18,24,27H,3-8,17H2,1-2H3. The highest BCUT2D eigenvalue weighted by Crippen LogP contribution is 2.42. The third-order valence-electron chi connectivity index (χ3n) is 8.24. The lowest BCUT2D eigenvalue weighted by molar-refractivity contribution is -0.143. The number of nitriles is 1. The zero-order valence-electron chi connectivity index (χ0n) is 24.0. The maximum Gasteiger partial charge on any atom is 0.416 e. The third kappa shape index (κ3) is 6.50. The fourth-order valence-electron chi connectivity index (χ4n) is 6.03. The van der Waals surface area contributed by atoms with Crippen molar-refractivity contribution in [2.45, 2.75) is 83.0 Å². The van der Waals surface area contributed by atoms with E-state index in [4.69, 9.17) is 9.72 Å². The number of nitrogens with zero attached hydrogens (tertiary/aromatic N) is 4. The van der Waals surface area contributed by atoms with E-state index in [1.54, 1.807) is 18.3 Å². The maximum atomic E-state index is 13.6. The van der Waals surface area contributed by atoms with Crippen LogP contribution in [-0.4, -0.2) is 34.6 Å². The summed E-state index contributed by atoms with van der Waals surface area (Å²) in [4.78, 5) is 22.8. The zero-order valence-corrected chi connectivity index (χ0v) is 24.8. The first-order chi connectivity index (χ1) is 20.8. The molecule has 2 aliphatic rings. The van der Waals surface area contributed by atoms with Crippen molar-refractivity contribution >= 4 is 23.2 Å². The summed E-state index contributed by atoms with van der Waals surface area (Å²) in [6, 6.07) is 8.09. The first-order valence-corrected chi connectivity index (χ1v) is 15.1. The molecule has 1 saturated heterocycles. The summed E-state index contributed by atoms with van der Waals surface area (Å²) in [7, 11) is 0. The van der Waals surface area contributed by atoms with Gasteiger partial charge in [-0.05, 0) is 68.7 Å². The van der Waals surface area contributed by atoms with Crippen LogP contribution in [0.4, 0.5) is 37.0 Å². The van der Waals surface area contributed by atoms with Gasteiger partial charge in [0, 0.05) is 34.8 Å². The molecule has 234 valence electrons. The average Bonchev–Trinajstić information content (AvgIpc) is 3.58. The van der Waals surface area contributed by atoms with Gasteiger partial charge in [0.15, 0.2) is 0 Å². The number of hydrogen-bond acceptors (Lipinski definition) is 6. The summed E-state index contributed by atoms with van der Waals surface area (Å²) < 4.78 is 86.8. The van der Waals surface area contributed by atoms with Crippen LogP contribution in [0.15, 0.2) is 42.6 Å². The molecule has 1 saturated carbocycles. The Labute approximate surface area is 254 Å². The number of halogens is 6. The van der Waals surface area contributed by atoms with E-state index >= 15 is 0 Å². The highest BCUT2D eigenvalue weighted by atomic mass is 32.1. The van der Waals surface area contributed by atoms with Crippen molar-refractivity contribution in [2.24, 2.45) is 0 Å².